The van der Waals surface area contributed by atoms with Crippen molar-refractivity contribution < 1.29 is 4.39 Å². The van der Waals surface area contributed by atoms with Gasteiger partial charge in [-0.3, -0.25) is 0 Å². The first-order valence-corrected chi connectivity index (χ1v) is 8.11. The van der Waals surface area contributed by atoms with Gasteiger partial charge >= 0.3 is 0 Å². The summed E-state index contributed by atoms with van der Waals surface area (Å²) < 4.78 is 13.6. The van der Waals surface area contributed by atoms with Crippen molar-refractivity contribution in [2.75, 3.05) is 0 Å². The Labute approximate surface area is 130 Å². The van der Waals surface area contributed by atoms with Gasteiger partial charge in [-0.2, -0.15) is 0 Å². The number of nitrogens with zero attached hydrogens (tertiary/aromatic N) is 1. The van der Waals surface area contributed by atoms with Gasteiger partial charge < -0.3 is 5.32 Å². The van der Waals surface area contributed by atoms with E-state index in [9.17, 15) is 4.39 Å². The molecule has 0 amide bonds. The predicted molar refractivity (Wildman–Crippen MR) is 88.2 cm³/mol. The van der Waals surface area contributed by atoms with Gasteiger partial charge in [-0.25, -0.2) is 9.37 Å². The second kappa shape index (κ2) is 6.24. The molecule has 0 fully saturated rings. The van der Waals surface area contributed by atoms with Gasteiger partial charge in [-0.15, -0.1) is 11.3 Å². The molecule has 1 aromatic heterocycles. The van der Waals surface area contributed by atoms with Crippen LogP contribution in [0, 0.1) is 12.7 Å². The number of benzene rings is 1. The third kappa shape index (κ3) is 4.35. The molecule has 0 spiro atoms. The van der Waals surface area contributed by atoms with Crippen molar-refractivity contribution in [3.8, 4) is 10.6 Å². The van der Waals surface area contributed by atoms with Crippen LogP contribution in [0.2, 0.25) is 0 Å². The van der Waals surface area contributed by atoms with Crippen LogP contribution in [0.5, 0.6) is 0 Å². The smallest absolute Gasteiger partial charge is 0.124 e. The highest BCUT2D eigenvalue weighted by atomic mass is 32.1. The molecule has 0 atom stereocenters. The average molecular weight is 306 g/mol. The SMILES string of the molecule is CCc1nc(-c2cc(C)cc(F)c2)sc1CNC(C)(C)C. The normalized spacial score (nSPS) is 11.9. The summed E-state index contributed by atoms with van der Waals surface area (Å²) in [4.78, 5) is 5.93. The minimum Gasteiger partial charge on any atom is -0.307 e. The molecule has 2 rings (SSSR count). The maximum Gasteiger partial charge on any atom is 0.124 e. The van der Waals surface area contributed by atoms with E-state index in [1.165, 1.54) is 4.88 Å². The molecule has 0 aliphatic rings. The third-order valence-electron chi connectivity index (χ3n) is 3.18. The molecule has 2 aromatic rings. The molecule has 0 aliphatic heterocycles. The Balaban J connectivity index is 2.31. The first-order valence-electron chi connectivity index (χ1n) is 7.29. The van der Waals surface area contributed by atoms with Crippen LogP contribution in [0.4, 0.5) is 4.39 Å². The molecule has 1 N–H and O–H groups in total. The lowest BCUT2D eigenvalue weighted by Crippen LogP contribution is -2.35. The molecule has 0 aliphatic carbocycles. The van der Waals surface area contributed by atoms with E-state index in [0.29, 0.717) is 0 Å². The third-order valence-corrected chi connectivity index (χ3v) is 4.33. The van der Waals surface area contributed by atoms with Gasteiger partial charge in [0.1, 0.15) is 10.8 Å². The largest absolute Gasteiger partial charge is 0.307 e. The van der Waals surface area contributed by atoms with Crippen LogP contribution < -0.4 is 5.32 Å². The van der Waals surface area contributed by atoms with Crippen LogP contribution in [0.1, 0.15) is 43.8 Å². The molecule has 4 heteroatoms. The molecular weight excluding hydrogens is 283 g/mol. The Morgan fingerprint density at radius 1 is 1.24 bits per heavy atom. The minimum absolute atomic E-state index is 0.0740. The zero-order valence-electron chi connectivity index (χ0n) is 13.4. The van der Waals surface area contributed by atoms with Crippen molar-refractivity contribution in [3.63, 3.8) is 0 Å². The highest BCUT2D eigenvalue weighted by Gasteiger charge is 2.15. The Morgan fingerprint density at radius 2 is 1.95 bits per heavy atom. The fourth-order valence-electron chi connectivity index (χ4n) is 2.13. The maximum atomic E-state index is 13.6. The maximum absolute atomic E-state index is 13.6. The van der Waals surface area contributed by atoms with E-state index < -0.39 is 0 Å². The first kappa shape index (κ1) is 16.1. The lowest BCUT2D eigenvalue weighted by molar-refractivity contribution is 0.425. The van der Waals surface area contributed by atoms with Gasteiger partial charge in [-0.1, -0.05) is 6.92 Å². The lowest BCUT2D eigenvalue weighted by Gasteiger charge is -2.20. The van der Waals surface area contributed by atoms with E-state index in [-0.39, 0.29) is 11.4 Å². The van der Waals surface area contributed by atoms with Gasteiger partial charge in [0.05, 0.1) is 5.69 Å². The Kier molecular flexibility index (Phi) is 4.79. The van der Waals surface area contributed by atoms with Gasteiger partial charge in [-0.05, 0) is 57.9 Å². The monoisotopic (exact) mass is 306 g/mol. The topological polar surface area (TPSA) is 24.9 Å². The van der Waals surface area contributed by atoms with Crippen molar-refractivity contribution in [3.05, 3.63) is 40.2 Å². The van der Waals surface area contributed by atoms with Crippen molar-refractivity contribution in [2.24, 2.45) is 0 Å². The molecule has 1 heterocycles. The van der Waals surface area contributed by atoms with Crippen LogP contribution in [-0.2, 0) is 13.0 Å². The van der Waals surface area contributed by atoms with Gasteiger partial charge in [0.2, 0.25) is 0 Å². The molecule has 2 nitrogen and oxygen atoms in total. The number of aryl methyl sites for hydroxylation is 2. The zero-order valence-corrected chi connectivity index (χ0v) is 14.2. The van der Waals surface area contributed by atoms with Crippen molar-refractivity contribution in [1.29, 1.82) is 0 Å². The standard InChI is InChI=1S/C17H23FN2S/c1-6-14-15(10-19-17(3,4)5)21-16(20-14)12-7-11(2)8-13(18)9-12/h7-9,19H,6,10H2,1-5H3. The number of thiazole rings is 1. The van der Waals surface area contributed by atoms with Gasteiger partial charge in [0.25, 0.3) is 0 Å². The predicted octanol–water partition coefficient (Wildman–Crippen LogP) is 4.71. The number of nitrogens with one attached hydrogen (secondary N) is 1. The van der Waals surface area contributed by atoms with E-state index in [4.69, 9.17) is 4.98 Å². The Bertz CT molecular complexity index is 606. The summed E-state index contributed by atoms with van der Waals surface area (Å²) in [6, 6.07) is 5.09. The van der Waals surface area contributed by atoms with E-state index >= 15 is 0 Å². The Hall–Kier alpha value is -1.26. The first-order chi connectivity index (χ1) is 9.78. The molecule has 0 saturated heterocycles. The summed E-state index contributed by atoms with van der Waals surface area (Å²) in [5, 5.41) is 4.40. The quantitative estimate of drug-likeness (QED) is 0.885. The van der Waals surface area contributed by atoms with E-state index in [1.54, 1.807) is 23.5 Å². The molecule has 0 radical (unpaired) electrons. The van der Waals surface area contributed by atoms with Crippen molar-refractivity contribution in [2.45, 2.75) is 53.1 Å². The summed E-state index contributed by atoms with van der Waals surface area (Å²) >= 11 is 1.65. The lowest BCUT2D eigenvalue weighted by atomic mass is 10.1. The second-order valence-corrected chi connectivity index (χ2v) is 7.45. The van der Waals surface area contributed by atoms with E-state index in [0.717, 1.165) is 34.8 Å². The highest BCUT2D eigenvalue weighted by Crippen LogP contribution is 2.30. The molecule has 114 valence electrons. The fraction of sp³-hybridized carbons (Fsp3) is 0.471. The van der Waals surface area contributed by atoms with Gasteiger partial charge in [0.15, 0.2) is 0 Å². The van der Waals surface area contributed by atoms with Crippen LogP contribution in [0.15, 0.2) is 18.2 Å². The zero-order chi connectivity index (χ0) is 15.6. The molecule has 0 unspecified atom stereocenters. The summed E-state index contributed by atoms with van der Waals surface area (Å²) in [5.74, 6) is -0.201. The molecule has 0 bridgehead atoms. The van der Waals surface area contributed by atoms with Crippen LogP contribution in [0.25, 0.3) is 10.6 Å². The number of aromatic nitrogens is 1. The molecule has 1 aromatic carbocycles. The van der Waals surface area contributed by atoms with Crippen LogP contribution in [-0.4, -0.2) is 10.5 Å². The highest BCUT2D eigenvalue weighted by molar-refractivity contribution is 7.15. The number of hydrogen-bond acceptors (Lipinski definition) is 3. The Morgan fingerprint density at radius 3 is 2.52 bits per heavy atom. The van der Waals surface area contributed by atoms with Crippen molar-refractivity contribution >= 4 is 11.3 Å². The van der Waals surface area contributed by atoms with Gasteiger partial charge in [0, 0.05) is 22.5 Å². The molecular formula is C17H23FN2S. The molecule has 21 heavy (non-hydrogen) atoms. The second-order valence-electron chi connectivity index (χ2n) is 6.36. The summed E-state index contributed by atoms with van der Waals surface area (Å²) in [6.45, 7) is 11.3. The fourth-order valence-corrected chi connectivity index (χ4v) is 3.20. The van der Waals surface area contributed by atoms with E-state index in [1.807, 2.05) is 13.0 Å². The summed E-state index contributed by atoms with van der Waals surface area (Å²) in [6.07, 6.45) is 0.895. The number of hydrogen-bond donors (Lipinski definition) is 1. The molecule has 0 saturated carbocycles. The van der Waals surface area contributed by atoms with Crippen LogP contribution >= 0.6 is 11.3 Å². The summed E-state index contributed by atoms with van der Waals surface area (Å²) in [5.41, 5.74) is 2.97. The van der Waals surface area contributed by atoms with Crippen LogP contribution in [0.3, 0.4) is 0 Å². The number of rotatable bonds is 4. The number of halogens is 1. The van der Waals surface area contributed by atoms with Crippen molar-refractivity contribution in [1.82, 2.24) is 10.3 Å². The van der Waals surface area contributed by atoms with E-state index in [2.05, 4.69) is 33.0 Å². The average Bonchev–Trinajstić information content (AvgIpc) is 2.77. The summed E-state index contributed by atoms with van der Waals surface area (Å²) in [7, 11) is 0. The minimum atomic E-state index is -0.201.